The molecule has 4 rings (SSSR count). The molecular weight excluding hydrogens is 338 g/mol. The summed E-state index contributed by atoms with van der Waals surface area (Å²) in [7, 11) is 0. The lowest BCUT2D eigenvalue weighted by Gasteiger charge is -2.48. The molecule has 0 unspecified atom stereocenters. The molecule has 0 aromatic heterocycles. The van der Waals surface area contributed by atoms with E-state index < -0.39 is 0 Å². The Hall–Kier alpha value is -1.43. The van der Waals surface area contributed by atoms with Crippen molar-refractivity contribution < 1.29 is 9.53 Å². The van der Waals surface area contributed by atoms with Crippen molar-refractivity contribution in [3.05, 3.63) is 35.9 Å². The maximum absolute atomic E-state index is 12.9. The van der Waals surface area contributed by atoms with Crippen LogP contribution in [0.1, 0.15) is 56.6 Å². The van der Waals surface area contributed by atoms with Crippen LogP contribution < -0.4 is 10.6 Å². The van der Waals surface area contributed by atoms with Gasteiger partial charge in [0.05, 0.1) is 13.2 Å². The summed E-state index contributed by atoms with van der Waals surface area (Å²) in [4.78, 5) is 15.6. The summed E-state index contributed by atoms with van der Waals surface area (Å²) in [5.74, 6) is 0.122. The highest BCUT2D eigenvalue weighted by atomic mass is 16.5. The predicted octanol–water partition coefficient (Wildman–Crippen LogP) is 2.63. The van der Waals surface area contributed by atoms with Gasteiger partial charge in [-0.3, -0.25) is 9.69 Å². The third-order valence-electron chi connectivity index (χ3n) is 6.42. The molecule has 5 nitrogen and oxygen atoms in total. The Morgan fingerprint density at radius 1 is 1.11 bits per heavy atom. The van der Waals surface area contributed by atoms with Gasteiger partial charge < -0.3 is 15.4 Å². The first kappa shape index (κ1) is 18.9. The van der Waals surface area contributed by atoms with Crippen LogP contribution in [0.15, 0.2) is 30.3 Å². The first-order valence-electron chi connectivity index (χ1n) is 10.7. The first-order valence-corrected chi connectivity index (χ1v) is 10.7. The maximum Gasteiger partial charge on any atom is 0.241 e. The van der Waals surface area contributed by atoms with E-state index in [-0.39, 0.29) is 17.5 Å². The highest BCUT2D eigenvalue weighted by molar-refractivity contribution is 5.83. The van der Waals surface area contributed by atoms with Gasteiger partial charge in [0.25, 0.3) is 0 Å². The molecule has 5 heteroatoms. The summed E-state index contributed by atoms with van der Waals surface area (Å²) < 4.78 is 5.59. The number of morpholine rings is 1. The van der Waals surface area contributed by atoms with E-state index in [1.807, 2.05) is 18.2 Å². The molecule has 1 aromatic rings. The van der Waals surface area contributed by atoms with Gasteiger partial charge in [0.15, 0.2) is 0 Å². The van der Waals surface area contributed by atoms with Crippen molar-refractivity contribution in [2.45, 2.75) is 62.6 Å². The number of rotatable bonds is 7. The van der Waals surface area contributed by atoms with Gasteiger partial charge in [-0.25, -0.2) is 0 Å². The number of hydrogen-bond acceptors (Lipinski definition) is 4. The number of carbonyl (C=O) groups is 1. The van der Waals surface area contributed by atoms with E-state index >= 15 is 0 Å². The third kappa shape index (κ3) is 4.71. The highest BCUT2D eigenvalue weighted by Crippen LogP contribution is 2.34. The molecule has 1 atom stereocenters. The van der Waals surface area contributed by atoms with Crippen molar-refractivity contribution in [1.29, 1.82) is 0 Å². The van der Waals surface area contributed by atoms with Crippen molar-refractivity contribution in [3.63, 3.8) is 0 Å². The van der Waals surface area contributed by atoms with Crippen molar-refractivity contribution in [3.8, 4) is 0 Å². The van der Waals surface area contributed by atoms with Crippen molar-refractivity contribution >= 4 is 5.91 Å². The Labute approximate surface area is 162 Å². The first-order chi connectivity index (χ1) is 13.3. The molecule has 2 N–H and O–H groups in total. The molecule has 2 saturated carbocycles. The SMILES string of the molecule is O=C(NC1CC1)[C@H](NCC1(N2CCOCC2)CCCCC1)c1ccccc1. The molecule has 0 spiro atoms. The van der Waals surface area contributed by atoms with Crippen LogP contribution in [0.4, 0.5) is 0 Å². The average molecular weight is 372 g/mol. The fourth-order valence-corrected chi connectivity index (χ4v) is 4.66. The van der Waals surface area contributed by atoms with Crippen molar-refractivity contribution in [2.24, 2.45) is 0 Å². The summed E-state index contributed by atoms with van der Waals surface area (Å²) in [6, 6.07) is 10.3. The number of amides is 1. The summed E-state index contributed by atoms with van der Waals surface area (Å²) >= 11 is 0. The molecule has 1 aliphatic heterocycles. The van der Waals surface area contributed by atoms with E-state index in [1.54, 1.807) is 0 Å². The van der Waals surface area contributed by atoms with E-state index in [0.717, 1.165) is 51.3 Å². The van der Waals surface area contributed by atoms with E-state index in [1.165, 1.54) is 32.1 Å². The van der Waals surface area contributed by atoms with Crippen LogP contribution in [0.25, 0.3) is 0 Å². The molecule has 1 aromatic carbocycles. The summed E-state index contributed by atoms with van der Waals surface area (Å²) in [5.41, 5.74) is 1.22. The molecular formula is C22H33N3O2. The number of nitrogens with zero attached hydrogens (tertiary/aromatic N) is 1. The number of benzene rings is 1. The maximum atomic E-state index is 12.9. The molecule has 2 aliphatic carbocycles. The lowest BCUT2D eigenvalue weighted by atomic mass is 9.79. The van der Waals surface area contributed by atoms with Crippen LogP contribution >= 0.6 is 0 Å². The Morgan fingerprint density at radius 3 is 2.48 bits per heavy atom. The van der Waals surface area contributed by atoms with Gasteiger partial charge in [0, 0.05) is 31.2 Å². The molecule has 3 fully saturated rings. The number of ether oxygens (including phenoxy) is 1. The zero-order valence-corrected chi connectivity index (χ0v) is 16.3. The van der Waals surface area contributed by atoms with Crippen molar-refractivity contribution in [2.75, 3.05) is 32.8 Å². The van der Waals surface area contributed by atoms with Gasteiger partial charge in [-0.05, 0) is 31.2 Å². The second kappa shape index (κ2) is 8.72. The van der Waals surface area contributed by atoms with Gasteiger partial charge in [-0.15, -0.1) is 0 Å². The Kier molecular flexibility index (Phi) is 6.11. The van der Waals surface area contributed by atoms with E-state index in [4.69, 9.17) is 4.74 Å². The predicted molar refractivity (Wildman–Crippen MR) is 107 cm³/mol. The Balaban J connectivity index is 1.49. The van der Waals surface area contributed by atoms with Gasteiger partial charge in [-0.1, -0.05) is 49.6 Å². The van der Waals surface area contributed by atoms with E-state index in [0.29, 0.717) is 6.04 Å². The second-order valence-electron chi connectivity index (χ2n) is 8.39. The molecule has 1 amide bonds. The molecule has 148 valence electrons. The van der Waals surface area contributed by atoms with Crippen LogP contribution in [0.3, 0.4) is 0 Å². The summed E-state index contributed by atoms with van der Waals surface area (Å²) in [6.07, 6.45) is 8.55. The van der Waals surface area contributed by atoms with Gasteiger partial charge in [-0.2, -0.15) is 0 Å². The number of nitrogens with one attached hydrogen (secondary N) is 2. The third-order valence-corrected chi connectivity index (χ3v) is 6.42. The van der Waals surface area contributed by atoms with Crippen LogP contribution in [0, 0.1) is 0 Å². The fourth-order valence-electron chi connectivity index (χ4n) is 4.66. The lowest BCUT2D eigenvalue weighted by molar-refractivity contribution is -0.123. The largest absolute Gasteiger partial charge is 0.379 e. The van der Waals surface area contributed by atoms with Crippen LogP contribution in [-0.4, -0.2) is 55.2 Å². The minimum Gasteiger partial charge on any atom is -0.379 e. The summed E-state index contributed by atoms with van der Waals surface area (Å²) in [6.45, 7) is 4.53. The zero-order valence-electron chi connectivity index (χ0n) is 16.3. The van der Waals surface area contributed by atoms with Gasteiger partial charge in [0.1, 0.15) is 6.04 Å². The molecule has 3 aliphatic rings. The number of carbonyl (C=O) groups excluding carboxylic acids is 1. The van der Waals surface area contributed by atoms with Crippen LogP contribution in [0.5, 0.6) is 0 Å². The van der Waals surface area contributed by atoms with E-state index in [2.05, 4.69) is 27.7 Å². The monoisotopic (exact) mass is 371 g/mol. The standard InChI is InChI=1S/C22H33N3O2/c26-21(24-19-9-10-19)20(18-7-3-1-4-8-18)23-17-22(11-5-2-6-12-22)25-13-15-27-16-14-25/h1,3-4,7-8,19-20,23H,2,5-6,9-17H2,(H,24,26)/t20-/m1/s1. The summed E-state index contributed by atoms with van der Waals surface area (Å²) in [5, 5.41) is 6.88. The molecule has 1 heterocycles. The minimum atomic E-state index is -0.272. The molecule has 1 saturated heterocycles. The zero-order chi connectivity index (χ0) is 18.5. The van der Waals surface area contributed by atoms with Crippen LogP contribution in [0.2, 0.25) is 0 Å². The van der Waals surface area contributed by atoms with Crippen LogP contribution in [-0.2, 0) is 9.53 Å². The normalized spacial score (nSPS) is 24.3. The van der Waals surface area contributed by atoms with Crippen molar-refractivity contribution in [1.82, 2.24) is 15.5 Å². The smallest absolute Gasteiger partial charge is 0.241 e. The van der Waals surface area contributed by atoms with Gasteiger partial charge >= 0.3 is 0 Å². The minimum absolute atomic E-state index is 0.122. The fraction of sp³-hybridized carbons (Fsp3) is 0.682. The van der Waals surface area contributed by atoms with E-state index in [9.17, 15) is 4.79 Å². The average Bonchev–Trinajstić information content (AvgIpc) is 3.54. The molecule has 0 radical (unpaired) electrons. The molecule has 27 heavy (non-hydrogen) atoms. The quantitative estimate of drug-likeness (QED) is 0.774. The molecule has 0 bridgehead atoms. The lowest BCUT2D eigenvalue weighted by Crippen LogP contribution is -2.60. The number of hydrogen-bond donors (Lipinski definition) is 2. The highest BCUT2D eigenvalue weighted by Gasteiger charge is 2.39. The Morgan fingerprint density at radius 2 is 1.81 bits per heavy atom. The Bertz CT molecular complexity index is 605. The topological polar surface area (TPSA) is 53.6 Å². The second-order valence-corrected chi connectivity index (χ2v) is 8.39. The van der Waals surface area contributed by atoms with Gasteiger partial charge in [0.2, 0.25) is 5.91 Å².